The molecule has 0 aliphatic carbocycles. The van der Waals surface area contributed by atoms with E-state index in [9.17, 15) is 4.79 Å². The van der Waals surface area contributed by atoms with Crippen molar-refractivity contribution in [2.24, 2.45) is 0 Å². The number of amides is 2. The predicted octanol–water partition coefficient (Wildman–Crippen LogP) is 1.59. The number of nitrogens with one attached hydrogen (secondary N) is 2. The summed E-state index contributed by atoms with van der Waals surface area (Å²) in [6.07, 6.45) is 0. The van der Waals surface area contributed by atoms with E-state index < -0.39 is 0 Å². The lowest BCUT2D eigenvalue weighted by molar-refractivity contribution is 0.247. The number of carbonyl (C=O) groups excluding carboxylic acids is 1. The molecule has 1 aromatic heterocycles. The summed E-state index contributed by atoms with van der Waals surface area (Å²) in [5, 5.41) is 6.66. The Labute approximate surface area is 92.7 Å². The van der Waals surface area contributed by atoms with Crippen molar-refractivity contribution in [1.82, 2.24) is 15.6 Å². The summed E-state index contributed by atoms with van der Waals surface area (Å²) in [5.41, 5.74) is 1.86. The molecule has 4 nitrogen and oxygen atoms in total. The van der Waals surface area contributed by atoms with Gasteiger partial charge in [-0.2, -0.15) is 0 Å². The van der Waals surface area contributed by atoms with Crippen LogP contribution in [0.15, 0.2) is 36.4 Å². The van der Waals surface area contributed by atoms with E-state index in [1.807, 2.05) is 36.4 Å². The SMILES string of the molecule is O=C1NC[C@@H](c2ccc3ccccc3n2)N1. The first-order chi connectivity index (χ1) is 7.83. The monoisotopic (exact) mass is 213 g/mol. The number of hydrogen-bond acceptors (Lipinski definition) is 2. The molecule has 1 aromatic carbocycles. The molecule has 4 heteroatoms. The highest BCUT2D eigenvalue weighted by Gasteiger charge is 2.22. The lowest BCUT2D eigenvalue weighted by atomic mass is 10.1. The number of nitrogens with zero attached hydrogens (tertiary/aromatic N) is 1. The van der Waals surface area contributed by atoms with Crippen LogP contribution in [0.3, 0.4) is 0 Å². The van der Waals surface area contributed by atoms with E-state index in [0.29, 0.717) is 6.54 Å². The van der Waals surface area contributed by atoms with Gasteiger partial charge >= 0.3 is 6.03 Å². The third kappa shape index (κ3) is 1.48. The third-order valence-electron chi connectivity index (χ3n) is 2.75. The zero-order chi connectivity index (χ0) is 11.0. The first-order valence-electron chi connectivity index (χ1n) is 5.23. The Hall–Kier alpha value is -2.10. The molecular weight excluding hydrogens is 202 g/mol. The van der Waals surface area contributed by atoms with E-state index >= 15 is 0 Å². The van der Waals surface area contributed by atoms with E-state index in [0.717, 1.165) is 16.6 Å². The van der Waals surface area contributed by atoms with Gasteiger partial charge in [-0.25, -0.2) is 4.79 Å². The van der Waals surface area contributed by atoms with Gasteiger partial charge in [0, 0.05) is 11.9 Å². The van der Waals surface area contributed by atoms with Gasteiger partial charge in [-0.15, -0.1) is 0 Å². The van der Waals surface area contributed by atoms with Crippen molar-refractivity contribution in [1.29, 1.82) is 0 Å². The van der Waals surface area contributed by atoms with Crippen LogP contribution in [0.2, 0.25) is 0 Å². The Morgan fingerprint density at radius 1 is 1.19 bits per heavy atom. The Kier molecular flexibility index (Phi) is 1.99. The topological polar surface area (TPSA) is 54.0 Å². The van der Waals surface area contributed by atoms with Gasteiger partial charge in [0.25, 0.3) is 0 Å². The number of hydrogen-bond donors (Lipinski definition) is 2. The number of urea groups is 1. The molecule has 1 aliphatic heterocycles. The Morgan fingerprint density at radius 3 is 2.88 bits per heavy atom. The second-order valence-electron chi connectivity index (χ2n) is 3.84. The van der Waals surface area contributed by atoms with Gasteiger partial charge in [0.1, 0.15) is 0 Å². The number of rotatable bonds is 1. The molecule has 3 rings (SSSR count). The maximum absolute atomic E-state index is 11.0. The fourth-order valence-electron chi connectivity index (χ4n) is 1.91. The molecule has 1 aliphatic rings. The van der Waals surface area contributed by atoms with Crippen LogP contribution >= 0.6 is 0 Å². The fraction of sp³-hybridized carbons (Fsp3) is 0.167. The van der Waals surface area contributed by atoms with Gasteiger partial charge < -0.3 is 10.6 Å². The lowest BCUT2D eigenvalue weighted by Gasteiger charge is -2.08. The van der Waals surface area contributed by atoms with Gasteiger partial charge in [-0.3, -0.25) is 4.98 Å². The molecule has 0 saturated carbocycles. The average Bonchev–Trinajstić information content (AvgIpc) is 2.75. The highest BCUT2D eigenvalue weighted by atomic mass is 16.2. The predicted molar refractivity (Wildman–Crippen MR) is 61.0 cm³/mol. The molecule has 1 fully saturated rings. The molecule has 2 aromatic rings. The van der Waals surface area contributed by atoms with E-state index in [4.69, 9.17) is 0 Å². The van der Waals surface area contributed by atoms with Crippen molar-refractivity contribution in [2.45, 2.75) is 6.04 Å². The highest BCUT2D eigenvalue weighted by Crippen LogP contribution is 2.17. The van der Waals surface area contributed by atoms with Crippen LogP contribution in [0.5, 0.6) is 0 Å². The molecule has 1 atom stereocenters. The molecule has 1 saturated heterocycles. The molecule has 16 heavy (non-hydrogen) atoms. The quantitative estimate of drug-likeness (QED) is 0.755. The number of aromatic nitrogens is 1. The summed E-state index contributed by atoms with van der Waals surface area (Å²) in [5.74, 6) is 0. The van der Waals surface area contributed by atoms with Crippen molar-refractivity contribution in [3.8, 4) is 0 Å². The molecule has 2 N–H and O–H groups in total. The van der Waals surface area contributed by atoms with Crippen LogP contribution in [-0.2, 0) is 0 Å². The molecule has 2 amide bonds. The van der Waals surface area contributed by atoms with E-state index in [-0.39, 0.29) is 12.1 Å². The van der Waals surface area contributed by atoms with Crippen LogP contribution in [0.1, 0.15) is 11.7 Å². The number of fused-ring (bicyclic) bond motifs is 1. The van der Waals surface area contributed by atoms with Crippen LogP contribution < -0.4 is 10.6 Å². The minimum atomic E-state index is -0.125. The lowest BCUT2D eigenvalue weighted by Crippen LogP contribution is -2.22. The largest absolute Gasteiger partial charge is 0.336 e. The van der Waals surface area contributed by atoms with Crippen molar-refractivity contribution in [2.75, 3.05) is 6.54 Å². The summed E-state index contributed by atoms with van der Waals surface area (Å²) in [6.45, 7) is 0.601. The van der Waals surface area contributed by atoms with Crippen molar-refractivity contribution in [3.05, 3.63) is 42.1 Å². The van der Waals surface area contributed by atoms with Crippen LogP contribution in [0.4, 0.5) is 4.79 Å². The second kappa shape index (κ2) is 3.48. The van der Waals surface area contributed by atoms with Gasteiger partial charge in [0.15, 0.2) is 0 Å². The molecular formula is C12H11N3O. The Morgan fingerprint density at radius 2 is 2.06 bits per heavy atom. The summed E-state index contributed by atoms with van der Waals surface area (Å²) < 4.78 is 0. The minimum absolute atomic E-state index is 0.0166. The Bertz CT molecular complexity index is 553. The third-order valence-corrected chi connectivity index (χ3v) is 2.75. The van der Waals surface area contributed by atoms with Crippen LogP contribution in [0, 0.1) is 0 Å². The van der Waals surface area contributed by atoms with Crippen molar-refractivity contribution >= 4 is 16.9 Å². The molecule has 2 heterocycles. The molecule has 80 valence electrons. The maximum Gasteiger partial charge on any atom is 0.315 e. The first-order valence-corrected chi connectivity index (χ1v) is 5.23. The number of pyridine rings is 1. The smallest absolute Gasteiger partial charge is 0.315 e. The number of para-hydroxylation sites is 1. The first kappa shape index (κ1) is 9.15. The molecule has 0 bridgehead atoms. The summed E-state index contributed by atoms with van der Waals surface area (Å²) in [4.78, 5) is 15.6. The van der Waals surface area contributed by atoms with E-state index in [1.54, 1.807) is 0 Å². The maximum atomic E-state index is 11.0. The summed E-state index contributed by atoms with van der Waals surface area (Å²) in [7, 11) is 0. The zero-order valence-corrected chi connectivity index (χ0v) is 8.60. The summed E-state index contributed by atoms with van der Waals surface area (Å²) in [6, 6.07) is 11.8. The average molecular weight is 213 g/mol. The number of carbonyl (C=O) groups is 1. The van der Waals surface area contributed by atoms with Gasteiger partial charge in [0.2, 0.25) is 0 Å². The molecule has 0 unspecified atom stereocenters. The zero-order valence-electron chi connectivity index (χ0n) is 8.60. The molecule has 0 radical (unpaired) electrons. The Balaban J connectivity index is 2.02. The van der Waals surface area contributed by atoms with E-state index in [2.05, 4.69) is 15.6 Å². The van der Waals surface area contributed by atoms with Crippen LogP contribution in [0.25, 0.3) is 10.9 Å². The second-order valence-corrected chi connectivity index (χ2v) is 3.84. The van der Waals surface area contributed by atoms with Crippen molar-refractivity contribution in [3.63, 3.8) is 0 Å². The normalized spacial score (nSPS) is 19.5. The van der Waals surface area contributed by atoms with Gasteiger partial charge in [0.05, 0.1) is 17.3 Å². The summed E-state index contributed by atoms with van der Waals surface area (Å²) >= 11 is 0. The van der Waals surface area contributed by atoms with Gasteiger partial charge in [-0.05, 0) is 12.1 Å². The van der Waals surface area contributed by atoms with Crippen LogP contribution in [-0.4, -0.2) is 17.6 Å². The van der Waals surface area contributed by atoms with E-state index in [1.165, 1.54) is 0 Å². The fourth-order valence-corrected chi connectivity index (χ4v) is 1.91. The molecule has 0 spiro atoms. The minimum Gasteiger partial charge on any atom is -0.336 e. The van der Waals surface area contributed by atoms with Crippen molar-refractivity contribution < 1.29 is 4.79 Å². The highest BCUT2D eigenvalue weighted by molar-refractivity contribution is 5.79. The number of benzene rings is 1. The standard InChI is InChI=1S/C12H11N3O/c16-12-13-7-11(15-12)10-6-5-8-3-1-2-4-9(8)14-10/h1-6,11H,7H2,(H2,13,15,16)/t11-/m0/s1. The van der Waals surface area contributed by atoms with Gasteiger partial charge in [-0.1, -0.05) is 24.3 Å².